The van der Waals surface area contributed by atoms with Crippen LogP contribution in [-0.4, -0.2) is 40.3 Å². The maximum absolute atomic E-state index is 12.4. The van der Waals surface area contributed by atoms with E-state index in [1.807, 2.05) is 0 Å². The molecule has 0 radical (unpaired) electrons. The first-order chi connectivity index (χ1) is 9.82. The van der Waals surface area contributed by atoms with Crippen LogP contribution in [-0.2, 0) is 16.0 Å². The molecule has 112 valence electrons. The van der Waals surface area contributed by atoms with Crippen LogP contribution in [0.25, 0.3) is 0 Å². The molecule has 1 aromatic carbocycles. The molecule has 0 spiro atoms. The Kier molecular flexibility index (Phi) is 3.93. The van der Waals surface area contributed by atoms with Crippen LogP contribution in [0.3, 0.4) is 0 Å². The first-order valence-corrected chi connectivity index (χ1v) is 6.64. The van der Waals surface area contributed by atoms with Gasteiger partial charge in [-0.2, -0.15) is 0 Å². The van der Waals surface area contributed by atoms with E-state index in [1.165, 1.54) is 12.1 Å². The van der Waals surface area contributed by atoms with Crippen LogP contribution >= 0.6 is 0 Å². The normalized spacial score (nSPS) is 17.2. The minimum Gasteiger partial charge on any atom is -0.352 e. The second-order valence-electron chi connectivity index (χ2n) is 5.46. The Hall–Kier alpha value is -2.44. The van der Waals surface area contributed by atoms with E-state index in [0.29, 0.717) is 18.7 Å². The highest BCUT2D eigenvalue weighted by atomic mass is 16.6. The number of benzene rings is 1. The van der Waals surface area contributed by atoms with Gasteiger partial charge in [0.1, 0.15) is 5.54 Å². The van der Waals surface area contributed by atoms with E-state index in [4.69, 9.17) is 0 Å². The van der Waals surface area contributed by atoms with Crippen LogP contribution in [0.2, 0.25) is 0 Å². The lowest BCUT2D eigenvalue weighted by Crippen LogP contribution is -2.63. The van der Waals surface area contributed by atoms with Crippen molar-refractivity contribution in [1.82, 2.24) is 10.2 Å². The largest absolute Gasteiger partial charge is 0.352 e. The van der Waals surface area contributed by atoms with Crippen molar-refractivity contribution in [3.63, 3.8) is 0 Å². The summed E-state index contributed by atoms with van der Waals surface area (Å²) in [5, 5.41) is 13.3. The van der Waals surface area contributed by atoms with Crippen molar-refractivity contribution in [1.29, 1.82) is 0 Å². The minimum atomic E-state index is -0.879. The molecule has 1 aromatic rings. The lowest BCUT2D eigenvalue weighted by Gasteiger charge is -2.41. The van der Waals surface area contributed by atoms with Gasteiger partial charge < -0.3 is 10.2 Å². The summed E-state index contributed by atoms with van der Waals surface area (Å²) in [5.41, 5.74) is -0.202. The average molecular weight is 291 g/mol. The monoisotopic (exact) mass is 291 g/mol. The van der Waals surface area contributed by atoms with Crippen molar-refractivity contribution >= 4 is 17.5 Å². The topological polar surface area (TPSA) is 92.6 Å². The van der Waals surface area contributed by atoms with Gasteiger partial charge >= 0.3 is 0 Å². The molecule has 0 unspecified atom stereocenters. The number of nitrogens with zero attached hydrogens (tertiary/aromatic N) is 2. The Morgan fingerprint density at radius 1 is 1.38 bits per heavy atom. The van der Waals surface area contributed by atoms with Crippen LogP contribution in [0.15, 0.2) is 24.3 Å². The third kappa shape index (κ3) is 3.01. The highest BCUT2D eigenvalue weighted by molar-refractivity contribution is 5.92. The second-order valence-corrected chi connectivity index (χ2v) is 5.46. The summed E-state index contributed by atoms with van der Waals surface area (Å²) in [7, 11) is 0. The molecule has 1 aliphatic heterocycles. The Morgan fingerprint density at radius 3 is 2.57 bits per heavy atom. The first kappa shape index (κ1) is 15.0. The van der Waals surface area contributed by atoms with Gasteiger partial charge in [-0.1, -0.05) is 12.1 Å². The SMILES string of the molecule is CC1(C)C(=O)NCCN1C(=O)Cc1ccc([N+](=O)[O-])cc1. The molecule has 1 N–H and O–H groups in total. The lowest BCUT2D eigenvalue weighted by molar-refractivity contribution is -0.384. The minimum absolute atomic E-state index is 0.0103. The molecule has 1 aliphatic rings. The van der Waals surface area contributed by atoms with Crippen molar-refractivity contribution < 1.29 is 14.5 Å². The maximum Gasteiger partial charge on any atom is 0.269 e. The quantitative estimate of drug-likeness (QED) is 0.660. The zero-order chi connectivity index (χ0) is 15.6. The Morgan fingerprint density at radius 2 is 2.00 bits per heavy atom. The third-order valence-corrected chi connectivity index (χ3v) is 3.65. The number of nitro groups is 1. The van der Waals surface area contributed by atoms with Gasteiger partial charge in [0.25, 0.3) is 5.69 Å². The molecule has 1 heterocycles. The first-order valence-electron chi connectivity index (χ1n) is 6.64. The molecule has 0 atom stereocenters. The van der Waals surface area contributed by atoms with Gasteiger partial charge in [0.2, 0.25) is 11.8 Å². The summed E-state index contributed by atoms with van der Waals surface area (Å²) in [4.78, 5) is 35.8. The van der Waals surface area contributed by atoms with Crippen molar-refractivity contribution in [3.05, 3.63) is 39.9 Å². The fourth-order valence-corrected chi connectivity index (χ4v) is 2.34. The van der Waals surface area contributed by atoms with E-state index >= 15 is 0 Å². The molecule has 7 nitrogen and oxygen atoms in total. The average Bonchev–Trinajstić information content (AvgIpc) is 2.42. The number of non-ortho nitro benzene ring substituents is 1. The predicted molar refractivity (Wildman–Crippen MR) is 75.6 cm³/mol. The molecular formula is C14H17N3O4. The summed E-state index contributed by atoms with van der Waals surface area (Å²) in [6, 6.07) is 5.87. The van der Waals surface area contributed by atoms with Crippen molar-refractivity contribution in [2.75, 3.05) is 13.1 Å². The maximum atomic E-state index is 12.4. The van der Waals surface area contributed by atoms with Crippen LogP contribution < -0.4 is 5.32 Å². The van der Waals surface area contributed by atoms with E-state index in [1.54, 1.807) is 30.9 Å². The van der Waals surface area contributed by atoms with Gasteiger partial charge in [-0.25, -0.2) is 0 Å². The van der Waals surface area contributed by atoms with Gasteiger partial charge in [-0.3, -0.25) is 19.7 Å². The number of nitrogens with one attached hydrogen (secondary N) is 1. The van der Waals surface area contributed by atoms with Crippen LogP contribution in [0.4, 0.5) is 5.69 Å². The summed E-state index contributed by atoms with van der Waals surface area (Å²) in [6.45, 7) is 4.31. The van der Waals surface area contributed by atoms with Gasteiger partial charge in [0, 0.05) is 25.2 Å². The van der Waals surface area contributed by atoms with E-state index in [0.717, 1.165) is 0 Å². The van der Waals surface area contributed by atoms with Crippen LogP contribution in [0, 0.1) is 10.1 Å². The zero-order valence-electron chi connectivity index (χ0n) is 12.0. The number of nitro benzene ring substituents is 1. The van der Waals surface area contributed by atoms with E-state index in [9.17, 15) is 19.7 Å². The molecule has 0 aromatic heterocycles. The summed E-state index contributed by atoms with van der Waals surface area (Å²) in [6.07, 6.45) is 0.120. The third-order valence-electron chi connectivity index (χ3n) is 3.65. The molecule has 1 fully saturated rings. The Bertz CT molecular complexity index is 580. The lowest BCUT2D eigenvalue weighted by atomic mass is 9.97. The second kappa shape index (κ2) is 5.51. The predicted octanol–water partition coefficient (Wildman–Crippen LogP) is 0.874. The number of carbonyl (C=O) groups is 2. The zero-order valence-corrected chi connectivity index (χ0v) is 12.0. The fraction of sp³-hybridized carbons (Fsp3) is 0.429. The van der Waals surface area contributed by atoms with E-state index < -0.39 is 10.5 Å². The molecule has 2 rings (SSSR count). The highest BCUT2D eigenvalue weighted by Crippen LogP contribution is 2.20. The van der Waals surface area contributed by atoms with E-state index in [-0.39, 0.29) is 23.9 Å². The van der Waals surface area contributed by atoms with Crippen LogP contribution in [0.5, 0.6) is 0 Å². The van der Waals surface area contributed by atoms with Gasteiger partial charge in [0.15, 0.2) is 0 Å². The van der Waals surface area contributed by atoms with Crippen molar-refractivity contribution in [3.8, 4) is 0 Å². The van der Waals surface area contributed by atoms with Crippen molar-refractivity contribution in [2.45, 2.75) is 25.8 Å². The summed E-state index contributed by atoms with van der Waals surface area (Å²) < 4.78 is 0. The number of carbonyl (C=O) groups excluding carboxylic acids is 2. The number of amides is 2. The smallest absolute Gasteiger partial charge is 0.269 e. The molecule has 1 saturated heterocycles. The van der Waals surface area contributed by atoms with Gasteiger partial charge in [-0.15, -0.1) is 0 Å². The van der Waals surface area contributed by atoms with Gasteiger partial charge in [-0.05, 0) is 19.4 Å². The molecule has 0 aliphatic carbocycles. The molecule has 21 heavy (non-hydrogen) atoms. The Labute approximate surface area is 122 Å². The number of hydrogen-bond donors (Lipinski definition) is 1. The Balaban J connectivity index is 2.10. The number of hydrogen-bond acceptors (Lipinski definition) is 4. The molecular weight excluding hydrogens is 274 g/mol. The molecule has 0 bridgehead atoms. The summed E-state index contributed by atoms with van der Waals surface area (Å²) >= 11 is 0. The fourth-order valence-electron chi connectivity index (χ4n) is 2.34. The van der Waals surface area contributed by atoms with E-state index in [2.05, 4.69) is 5.32 Å². The highest BCUT2D eigenvalue weighted by Gasteiger charge is 2.40. The standard InChI is InChI=1S/C14H17N3O4/c1-14(2)13(19)15-7-8-16(14)12(18)9-10-3-5-11(6-4-10)17(20)21/h3-6H,7-9H2,1-2H3,(H,15,19). The number of rotatable bonds is 3. The molecule has 7 heteroatoms. The van der Waals surface area contributed by atoms with Gasteiger partial charge in [0.05, 0.1) is 11.3 Å². The van der Waals surface area contributed by atoms with Crippen molar-refractivity contribution in [2.24, 2.45) is 0 Å². The number of piperazine rings is 1. The molecule has 0 saturated carbocycles. The molecule has 2 amide bonds. The summed E-state index contributed by atoms with van der Waals surface area (Å²) in [5.74, 6) is -0.338. The van der Waals surface area contributed by atoms with Crippen LogP contribution in [0.1, 0.15) is 19.4 Å².